The van der Waals surface area contributed by atoms with Crippen molar-refractivity contribution >= 4 is 41.5 Å². The molecular weight excluding hydrogens is 718 g/mol. The van der Waals surface area contributed by atoms with Crippen molar-refractivity contribution in [1.82, 2.24) is 30.7 Å². The molecule has 0 aliphatic carbocycles. The summed E-state index contributed by atoms with van der Waals surface area (Å²) in [5, 5.41) is 23.2. The van der Waals surface area contributed by atoms with Gasteiger partial charge >= 0.3 is 0 Å². The molecular formula is C41H55N7O8. The van der Waals surface area contributed by atoms with Gasteiger partial charge in [-0.2, -0.15) is 0 Å². The quantitative estimate of drug-likeness (QED) is 0.180. The van der Waals surface area contributed by atoms with Crippen LogP contribution in [0.4, 0.5) is 5.69 Å². The molecule has 15 heteroatoms. The van der Waals surface area contributed by atoms with E-state index in [-0.39, 0.29) is 51.7 Å². The fourth-order valence-corrected chi connectivity index (χ4v) is 8.54. The summed E-state index contributed by atoms with van der Waals surface area (Å²) in [5.41, 5.74) is 0.333. The highest BCUT2D eigenvalue weighted by molar-refractivity contribution is 5.97. The normalized spacial score (nSPS) is 30.9. The predicted molar refractivity (Wildman–Crippen MR) is 207 cm³/mol. The van der Waals surface area contributed by atoms with E-state index in [4.69, 9.17) is 4.74 Å². The minimum absolute atomic E-state index is 0.0509. The molecule has 4 aliphatic heterocycles. The summed E-state index contributed by atoms with van der Waals surface area (Å²) in [5.74, 6) is -2.67. The maximum atomic E-state index is 14.8. The number of rotatable bonds is 9. The molecule has 0 spiro atoms. The first kappa shape index (κ1) is 40.8. The van der Waals surface area contributed by atoms with Crippen molar-refractivity contribution in [2.75, 3.05) is 38.2 Å². The largest absolute Gasteiger partial charge is 0.391 e. The minimum atomic E-state index is -1.39. The molecule has 1 unspecified atom stereocenters. The Balaban J connectivity index is 1.34. The molecule has 0 saturated carbocycles. The number of aliphatic hydroxyl groups is 1. The number of ether oxygens (including phenoxy) is 1. The number of para-hydroxylation sites is 1. The van der Waals surface area contributed by atoms with Crippen LogP contribution >= 0.6 is 0 Å². The van der Waals surface area contributed by atoms with Crippen molar-refractivity contribution < 1.29 is 38.6 Å². The zero-order valence-electron chi connectivity index (χ0n) is 32.4. The van der Waals surface area contributed by atoms with Gasteiger partial charge in [0.1, 0.15) is 36.0 Å². The lowest BCUT2D eigenvalue weighted by molar-refractivity contribution is -0.155. The SMILES string of the molecule is C[C@H]1CN2C(=O)[C@H](C)NC(=O)[C@@H]3CCCCN3C(=O)[C@@H]3C[C@@H](O)CN3C(=O)[C@@H](NC(=O)[C@H](Cc3ccccc3)NCNc3ccccc3)[C@H](C)OCC2(C=O)C1. The van der Waals surface area contributed by atoms with Crippen molar-refractivity contribution in [3.63, 3.8) is 0 Å². The molecule has 9 atom stereocenters. The Morgan fingerprint density at radius 3 is 2.38 bits per heavy atom. The fourth-order valence-electron chi connectivity index (χ4n) is 8.54. The first-order chi connectivity index (χ1) is 26.9. The number of carbonyl (C=O) groups is 6. The first-order valence-corrected chi connectivity index (χ1v) is 19.8. The number of aliphatic hydroxyl groups excluding tert-OH is 1. The molecule has 2 aromatic carbocycles. The highest BCUT2D eigenvalue weighted by Crippen LogP contribution is 2.34. The smallest absolute Gasteiger partial charge is 0.248 e. The van der Waals surface area contributed by atoms with E-state index in [1.165, 1.54) is 14.7 Å². The Hall–Kier alpha value is -4.86. The highest BCUT2D eigenvalue weighted by Gasteiger charge is 2.51. The molecule has 5 N–H and O–H groups in total. The molecule has 6 rings (SSSR count). The maximum Gasteiger partial charge on any atom is 0.248 e. The van der Waals surface area contributed by atoms with Crippen LogP contribution < -0.4 is 21.3 Å². The average molecular weight is 774 g/mol. The second-order valence-corrected chi connectivity index (χ2v) is 15.8. The van der Waals surface area contributed by atoms with Gasteiger partial charge < -0.3 is 45.3 Å². The fraction of sp³-hybridized carbons (Fsp3) is 0.561. The molecule has 2 aromatic rings. The van der Waals surface area contributed by atoms with E-state index in [0.29, 0.717) is 32.0 Å². The molecule has 302 valence electrons. The van der Waals surface area contributed by atoms with E-state index in [2.05, 4.69) is 21.3 Å². The second-order valence-electron chi connectivity index (χ2n) is 15.8. The van der Waals surface area contributed by atoms with Crippen molar-refractivity contribution in [1.29, 1.82) is 0 Å². The molecule has 0 radical (unpaired) electrons. The molecule has 4 fully saturated rings. The number of nitrogens with one attached hydrogen (secondary N) is 4. The van der Waals surface area contributed by atoms with Gasteiger partial charge in [-0.3, -0.25) is 29.3 Å². The number of benzene rings is 2. The van der Waals surface area contributed by atoms with Crippen LogP contribution in [0.25, 0.3) is 0 Å². The topological polar surface area (TPSA) is 190 Å². The lowest BCUT2D eigenvalue weighted by Crippen LogP contribution is -2.64. The molecule has 5 amide bonds. The number of aldehydes is 1. The van der Waals surface area contributed by atoms with Crippen LogP contribution in [0.2, 0.25) is 0 Å². The number of amides is 5. The number of piperidine rings is 1. The Labute approximate surface area is 327 Å². The third kappa shape index (κ3) is 9.06. The number of anilines is 1. The number of carbonyl (C=O) groups excluding carboxylic acids is 6. The van der Waals surface area contributed by atoms with Crippen LogP contribution in [0.15, 0.2) is 60.7 Å². The van der Waals surface area contributed by atoms with Gasteiger partial charge in [-0.1, -0.05) is 55.5 Å². The summed E-state index contributed by atoms with van der Waals surface area (Å²) >= 11 is 0. The predicted octanol–water partition coefficient (Wildman–Crippen LogP) is 0.814. The van der Waals surface area contributed by atoms with Gasteiger partial charge in [-0.05, 0) is 69.6 Å². The van der Waals surface area contributed by atoms with Crippen LogP contribution in [0.5, 0.6) is 0 Å². The zero-order valence-corrected chi connectivity index (χ0v) is 32.4. The third-order valence-corrected chi connectivity index (χ3v) is 11.5. The Morgan fingerprint density at radius 1 is 0.946 bits per heavy atom. The van der Waals surface area contributed by atoms with Gasteiger partial charge in [0.2, 0.25) is 29.5 Å². The zero-order chi connectivity index (χ0) is 40.0. The molecule has 15 nitrogen and oxygen atoms in total. The van der Waals surface area contributed by atoms with Crippen molar-refractivity contribution in [2.24, 2.45) is 5.92 Å². The van der Waals surface area contributed by atoms with E-state index in [9.17, 15) is 33.9 Å². The Bertz CT molecular complexity index is 1730. The first-order valence-electron chi connectivity index (χ1n) is 19.8. The summed E-state index contributed by atoms with van der Waals surface area (Å²) in [6, 6.07) is 13.8. The van der Waals surface area contributed by atoms with Crippen molar-refractivity contribution in [3.8, 4) is 0 Å². The summed E-state index contributed by atoms with van der Waals surface area (Å²) in [4.78, 5) is 88.4. The number of fused-ring (bicyclic) bond motifs is 3. The van der Waals surface area contributed by atoms with Crippen LogP contribution in [-0.2, 0) is 39.9 Å². The molecule has 4 aliphatic rings. The van der Waals surface area contributed by atoms with Crippen LogP contribution in [0, 0.1) is 5.92 Å². The van der Waals surface area contributed by atoms with Crippen molar-refractivity contribution in [3.05, 3.63) is 66.2 Å². The van der Waals surface area contributed by atoms with E-state index < -0.39 is 77.5 Å². The number of hydrogen-bond donors (Lipinski definition) is 5. The lowest BCUT2D eigenvalue weighted by atomic mass is 9.94. The molecule has 4 saturated heterocycles. The Kier molecular flexibility index (Phi) is 13.1. The van der Waals surface area contributed by atoms with Gasteiger partial charge in [0.15, 0.2) is 0 Å². The molecule has 4 heterocycles. The van der Waals surface area contributed by atoms with Gasteiger partial charge in [-0.15, -0.1) is 0 Å². The maximum absolute atomic E-state index is 14.8. The number of nitrogens with zero attached hydrogens (tertiary/aromatic N) is 3. The summed E-state index contributed by atoms with van der Waals surface area (Å²) in [6.07, 6.45) is 0.829. The van der Waals surface area contributed by atoms with Crippen LogP contribution in [-0.4, -0.2) is 136 Å². The van der Waals surface area contributed by atoms with Crippen LogP contribution in [0.3, 0.4) is 0 Å². The molecule has 0 aromatic heterocycles. The standard InChI is InChI=1S/C41H55N7O8/c1-26-20-41(23-49)24-56-28(3)35(45-36(51)32(18-29-12-6-4-7-13-29)43-25-42-30-14-8-5-9-15-30)40(55)47-22-31(50)19-34(47)39(54)46-17-11-10-16-33(46)37(52)44-27(2)38(53)48(41)21-26/h4-9,12-15,23,26-28,31-35,42-43,50H,10-11,16-22,24-25H2,1-3H3,(H,44,52)(H,45,51)/t26-,27+,28+,31-,32+,33+,34+,35+,41?/m1/s1. The highest BCUT2D eigenvalue weighted by atomic mass is 16.5. The van der Waals surface area contributed by atoms with E-state index >= 15 is 0 Å². The van der Waals surface area contributed by atoms with E-state index in [1.54, 1.807) is 13.8 Å². The molecule has 0 bridgehead atoms. The number of hydrogen-bond acceptors (Lipinski definition) is 10. The third-order valence-electron chi connectivity index (χ3n) is 11.5. The van der Waals surface area contributed by atoms with Gasteiger partial charge in [0.05, 0.1) is 31.5 Å². The summed E-state index contributed by atoms with van der Waals surface area (Å²) in [6.45, 7) is 5.39. The second kappa shape index (κ2) is 17.9. The summed E-state index contributed by atoms with van der Waals surface area (Å²) < 4.78 is 6.35. The summed E-state index contributed by atoms with van der Waals surface area (Å²) in [7, 11) is 0. The van der Waals surface area contributed by atoms with Crippen LogP contribution in [0.1, 0.15) is 58.4 Å². The molecule has 56 heavy (non-hydrogen) atoms. The average Bonchev–Trinajstić information content (AvgIpc) is 3.77. The van der Waals surface area contributed by atoms with E-state index in [1.807, 2.05) is 67.6 Å². The lowest BCUT2D eigenvalue weighted by Gasteiger charge is -2.41. The van der Waals surface area contributed by atoms with Crippen molar-refractivity contribution in [2.45, 2.75) is 107 Å². The van der Waals surface area contributed by atoms with E-state index in [0.717, 1.165) is 11.3 Å². The van der Waals surface area contributed by atoms with Gasteiger partial charge in [-0.25, -0.2) is 0 Å². The van der Waals surface area contributed by atoms with Gasteiger partial charge in [0, 0.05) is 31.7 Å². The Morgan fingerprint density at radius 2 is 1.66 bits per heavy atom. The van der Waals surface area contributed by atoms with Gasteiger partial charge in [0.25, 0.3) is 0 Å². The minimum Gasteiger partial charge on any atom is -0.391 e. The monoisotopic (exact) mass is 773 g/mol.